The summed E-state index contributed by atoms with van der Waals surface area (Å²) in [6.07, 6.45) is 0. The van der Waals surface area contributed by atoms with Gasteiger partial charge in [0.15, 0.2) is 0 Å². The SMILES string of the molecule is COc1cc(C)nc(NC(=O)Cn2nc(C)c(N)c2C)n1. The Kier molecular flexibility index (Phi) is 4.06. The van der Waals surface area contributed by atoms with E-state index in [4.69, 9.17) is 10.5 Å². The largest absolute Gasteiger partial charge is 0.481 e. The molecule has 2 rings (SSSR count). The fourth-order valence-corrected chi connectivity index (χ4v) is 1.87. The maximum absolute atomic E-state index is 12.0. The number of nitrogens with zero attached hydrogens (tertiary/aromatic N) is 4. The Morgan fingerprint density at radius 3 is 2.67 bits per heavy atom. The minimum atomic E-state index is -0.284. The highest BCUT2D eigenvalue weighted by Gasteiger charge is 2.13. The van der Waals surface area contributed by atoms with Gasteiger partial charge in [-0.25, -0.2) is 4.98 Å². The smallest absolute Gasteiger partial charge is 0.248 e. The van der Waals surface area contributed by atoms with Crippen molar-refractivity contribution in [2.45, 2.75) is 27.3 Å². The highest BCUT2D eigenvalue weighted by Crippen LogP contribution is 2.15. The molecule has 2 heterocycles. The molecule has 21 heavy (non-hydrogen) atoms. The minimum Gasteiger partial charge on any atom is -0.481 e. The lowest BCUT2D eigenvalue weighted by atomic mass is 10.3. The van der Waals surface area contributed by atoms with Crippen molar-refractivity contribution in [1.29, 1.82) is 0 Å². The Balaban J connectivity index is 2.11. The summed E-state index contributed by atoms with van der Waals surface area (Å²) in [5.41, 5.74) is 8.59. The molecule has 0 bridgehead atoms. The number of aryl methyl sites for hydroxylation is 2. The minimum absolute atomic E-state index is 0.0451. The molecule has 0 fully saturated rings. The molecular weight excluding hydrogens is 272 g/mol. The molecule has 1 amide bonds. The van der Waals surface area contributed by atoms with Crippen molar-refractivity contribution < 1.29 is 9.53 Å². The summed E-state index contributed by atoms with van der Waals surface area (Å²) in [6.45, 7) is 5.45. The van der Waals surface area contributed by atoms with Gasteiger partial charge in [0.05, 0.1) is 24.2 Å². The first kappa shape index (κ1) is 14.8. The summed E-state index contributed by atoms with van der Waals surface area (Å²) in [6, 6.07) is 1.68. The van der Waals surface area contributed by atoms with Crippen molar-refractivity contribution in [2.24, 2.45) is 0 Å². The second-order valence-electron chi connectivity index (χ2n) is 4.67. The van der Waals surface area contributed by atoms with Gasteiger partial charge in [-0.15, -0.1) is 0 Å². The van der Waals surface area contributed by atoms with Crippen LogP contribution < -0.4 is 15.8 Å². The second-order valence-corrected chi connectivity index (χ2v) is 4.67. The molecule has 0 aliphatic carbocycles. The molecule has 0 radical (unpaired) electrons. The zero-order valence-electron chi connectivity index (χ0n) is 12.5. The Bertz CT molecular complexity index is 680. The van der Waals surface area contributed by atoms with Gasteiger partial charge < -0.3 is 10.5 Å². The summed E-state index contributed by atoms with van der Waals surface area (Å²) in [7, 11) is 1.51. The number of nitrogens with two attached hydrogens (primary N) is 1. The number of carbonyl (C=O) groups excluding carboxylic acids is 1. The van der Waals surface area contributed by atoms with Gasteiger partial charge in [0.25, 0.3) is 0 Å². The molecule has 0 spiro atoms. The standard InChI is InChI=1S/C13H18N6O2/c1-7-5-11(21-4)17-13(15-7)16-10(20)6-19-9(3)12(14)8(2)18-19/h5H,6,14H2,1-4H3,(H,15,16,17,20). The zero-order valence-corrected chi connectivity index (χ0v) is 12.5. The van der Waals surface area contributed by atoms with Crippen molar-refractivity contribution in [3.63, 3.8) is 0 Å². The first-order valence-corrected chi connectivity index (χ1v) is 6.39. The van der Waals surface area contributed by atoms with E-state index < -0.39 is 0 Å². The summed E-state index contributed by atoms with van der Waals surface area (Å²) in [4.78, 5) is 20.2. The Hall–Kier alpha value is -2.64. The maximum atomic E-state index is 12.0. The monoisotopic (exact) mass is 290 g/mol. The average molecular weight is 290 g/mol. The number of rotatable bonds is 4. The van der Waals surface area contributed by atoms with Crippen molar-refractivity contribution in [3.8, 4) is 5.88 Å². The maximum Gasteiger partial charge on any atom is 0.248 e. The van der Waals surface area contributed by atoms with Crippen LogP contribution in [0, 0.1) is 20.8 Å². The van der Waals surface area contributed by atoms with E-state index >= 15 is 0 Å². The van der Waals surface area contributed by atoms with Gasteiger partial charge >= 0.3 is 0 Å². The number of nitrogen functional groups attached to an aromatic ring is 1. The number of aromatic nitrogens is 4. The number of ether oxygens (including phenoxy) is 1. The number of nitrogens with one attached hydrogen (secondary N) is 1. The molecule has 0 aliphatic rings. The van der Waals surface area contributed by atoms with Gasteiger partial charge in [0.1, 0.15) is 6.54 Å². The summed E-state index contributed by atoms with van der Waals surface area (Å²) in [5, 5.41) is 6.83. The Morgan fingerprint density at radius 2 is 2.10 bits per heavy atom. The van der Waals surface area contributed by atoms with Crippen LogP contribution in [0.25, 0.3) is 0 Å². The van der Waals surface area contributed by atoms with Crippen LogP contribution in [0.15, 0.2) is 6.07 Å². The Labute approximate surface area is 122 Å². The molecule has 0 aliphatic heterocycles. The first-order chi connectivity index (χ1) is 9.90. The topological polar surface area (TPSA) is 108 Å². The van der Waals surface area contributed by atoms with E-state index in [0.717, 1.165) is 5.69 Å². The van der Waals surface area contributed by atoms with Crippen molar-refractivity contribution in [1.82, 2.24) is 19.7 Å². The van der Waals surface area contributed by atoms with E-state index in [9.17, 15) is 4.79 Å². The van der Waals surface area contributed by atoms with E-state index in [1.807, 2.05) is 6.92 Å². The summed E-state index contributed by atoms with van der Waals surface area (Å²) < 4.78 is 6.59. The van der Waals surface area contributed by atoms with Crippen molar-refractivity contribution in [2.75, 3.05) is 18.2 Å². The van der Waals surface area contributed by atoms with Gasteiger partial charge in [0, 0.05) is 11.8 Å². The van der Waals surface area contributed by atoms with E-state index in [1.165, 1.54) is 7.11 Å². The van der Waals surface area contributed by atoms with Crippen LogP contribution in [-0.4, -0.2) is 32.8 Å². The quantitative estimate of drug-likeness (QED) is 0.863. The first-order valence-electron chi connectivity index (χ1n) is 6.39. The molecule has 2 aromatic rings. The van der Waals surface area contributed by atoms with Crippen molar-refractivity contribution >= 4 is 17.5 Å². The third-order valence-corrected chi connectivity index (χ3v) is 3.02. The molecule has 0 atom stereocenters. The molecule has 2 aromatic heterocycles. The van der Waals surface area contributed by atoms with Crippen LogP contribution in [0.2, 0.25) is 0 Å². The van der Waals surface area contributed by atoms with Crippen molar-refractivity contribution in [3.05, 3.63) is 23.1 Å². The lowest BCUT2D eigenvalue weighted by Gasteiger charge is -2.07. The van der Waals surface area contributed by atoms with Gasteiger partial charge in [-0.3, -0.25) is 14.8 Å². The summed E-state index contributed by atoms with van der Waals surface area (Å²) in [5.74, 6) is 0.313. The number of anilines is 2. The van der Waals surface area contributed by atoms with E-state index in [-0.39, 0.29) is 18.4 Å². The lowest BCUT2D eigenvalue weighted by Crippen LogP contribution is -2.21. The predicted octanol–water partition coefficient (Wildman–Crippen LogP) is 0.828. The third kappa shape index (κ3) is 3.28. The Morgan fingerprint density at radius 1 is 1.38 bits per heavy atom. The molecule has 3 N–H and O–H groups in total. The highest BCUT2D eigenvalue weighted by molar-refractivity contribution is 5.88. The molecule has 0 aromatic carbocycles. The molecule has 112 valence electrons. The molecule has 8 heteroatoms. The van der Waals surface area contributed by atoms with Crippen LogP contribution in [0.5, 0.6) is 5.88 Å². The molecule has 8 nitrogen and oxygen atoms in total. The average Bonchev–Trinajstić information content (AvgIpc) is 2.65. The van der Waals surface area contributed by atoms with Crippen LogP contribution in [0.4, 0.5) is 11.6 Å². The molecule has 0 saturated carbocycles. The normalized spacial score (nSPS) is 10.5. The predicted molar refractivity (Wildman–Crippen MR) is 78.1 cm³/mol. The van der Waals surface area contributed by atoms with E-state index in [2.05, 4.69) is 20.4 Å². The number of amides is 1. The molecule has 0 unspecified atom stereocenters. The number of hydrogen-bond acceptors (Lipinski definition) is 6. The van der Waals surface area contributed by atoms with Crippen LogP contribution >= 0.6 is 0 Å². The number of hydrogen-bond donors (Lipinski definition) is 2. The van der Waals surface area contributed by atoms with Crippen LogP contribution in [-0.2, 0) is 11.3 Å². The molecular formula is C13H18N6O2. The van der Waals surface area contributed by atoms with Gasteiger partial charge in [-0.2, -0.15) is 10.1 Å². The summed E-state index contributed by atoms with van der Waals surface area (Å²) >= 11 is 0. The van der Waals surface area contributed by atoms with Gasteiger partial charge in [-0.1, -0.05) is 0 Å². The molecule has 0 saturated heterocycles. The van der Waals surface area contributed by atoms with Gasteiger partial charge in [0.2, 0.25) is 17.7 Å². The van der Waals surface area contributed by atoms with E-state index in [1.54, 1.807) is 24.6 Å². The van der Waals surface area contributed by atoms with Gasteiger partial charge in [-0.05, 0) is 20.8 Å². The lowest BCUT2D eigenvalue weighted by molar-refractivity contribution is -0.117. The second kappa shape index (κ2) is 5.78. The highest BCUT2D eigenvalue weighted by atomic mass is 16.5. The number of carbonyl (C=O) groups is 1. The zero-order chi connectivity index (χ0) is 15.6. The number of methoxy groups -OCH3 is 1. The van der Waals surface area contributed by atoms with Crippen LogP contribution in [0.3, 0.4) is 0 Å². The fraction of sp³-hybridized carbons (Fsp3) is 0.385. The van der Waals surface area contributed by atoms with Crippen LogP contribution in [0.1, 0.15) is 17.1 Å². The fourth-order valence-electron chi connectivity index (χ4n) is 1.87. The third-order valence-electron chi connectivity index (χ3n) is 3.02. The van der Waals surface area contributed by atoms with E-state index in [0.29, 0.717) is 23.0 Å².